The van der Waals surface area contributed by atoms with Crippen molar-refractivity contribution in [1.82, 2.24) is 19.1 Å². The summed E-state index contributed by atoms with van der Waals surface area (Å²) in [5.41, 5.74) is 0.846. The molecule has 0 spiro atoms. The summed E-state index contributed by atoms with van der Waals surface area (Å²) in [4.78, 5) is 15.3. The number of rotatable bonds is 5. The molecule has 0 saturated carbocycles. The lowest BCUT2D eigenvalue weighted by Crippen LogP contribution is -2.36. The molecule has 3 heterocycles. The van der Waals surface area contributed by atoms with E-state index in [2.05, 4.69) is 10.1 Å². The SMILES string of the molecule is O=C(O)c1nn(CCO)c2c1CN(S(=O)(=O)c1cccnc1)CC2. The van der Waals surface area contributed by atoms with Crippen molar-refractivity contribution in [2.45, 2.75) is 24.4 Å². The fourth-order valence-electron chi connectivity index (χ4n) is 2.77. The summed E-state index contributed by atoms with van der Waals surface area (Å²) in [5, 5.41) is 22.4. The summed E-state index contributed by atoms with van der Waals surface area (Å²) in [7, 11) is -3.76. The van der Waals surface area contributed by atoms with Gasteiger partial charge in [0.2, 0.25) is 10.0 Å². The molecular formula is C14H16N4O5S. The Labute approximate surface area is 138 Å². The van der Waals surface area contributed by atoms with E-state index in [9.17, 15) is 18.3 Å². The van der Waals surface area contributed by atoms with E-state index in [-0.39, 0.29) is 36.8 Å². The number of aliphatic hydroxyl groups is 1. The molecule has 0 aliphatic carbocycles. The van der Waals surface area contributed by atoms with Crippen molar-refractivity contribution < 1.29 is 23.4 Å². The van der Waals surface area contributed by atoms with Crippen LogP contribution in [0.1, 0.15) is 21.7 Å². The number of nitrogens with zero attached hydrogens (tertiary/aromatic N) is 4. The fraction of sp³-hybridized carbons (Fsp3) is 0.357. The van der Waals surface area contributed by atoms with Crippen LogP contribution in [-0.2, 0) is 29.5 Å². The summed E-state index contributed by atoms with van der Waals surface area (Å²) in [6.45, 7) is 0.135. The van der Waals surface area contributed by atoms with Crippen LogP contribution in [0.2, 0.25) is 0 Å². The normalized spacial score (nSPS) is 15.2. The predicted octanol–water partition coefficient (Wildman–Crippen LogP) is -0.284. The number of hydrogen-bond acceptors (Lipinski definition) is 6. The average molecular weight is 352 g/mol. The van der Waals surface area contributed by atoms with E-state index in [1.807, 2.05) is 0 Å². The third-order valence-corrected chi connectivity index (χ3v) is 5.71. The number of hydrogen-bond donors (Lipinski definition) is 2. The van der Waals surface area contributed by atoms with Gasteiger partial charge in [-0.05, 0) is 12.1 Å². The molecular weight excluding hydrogens is 336 g/mol. The van der Waals surface area contributed by atoms with Crippen LogP contribution in [0.3, 0.4) is 0 Å². The molecule has 0 aromatic carbocycles. The van der Waals surface area contributed by atoms with Gasteiger partial charge in [0, 0.05) is 43.2 Å². The number of carboxylic acid groups (broad SMARTS) is 1. The number of carboxylic acids is 1. The Kier molecular flexibility index (Phi) is 4.35. The average Bonchev–Trinajstić information content (AvgIpc) is 2.94. The summed E-state index contributed by atoms with van der Waals surface area (Å²) >= 11 is 0. The number of fused-ring (bicyclic) bond motifs is 1. The van der Waals surface area contributed by atoms with E-state index in [0.717, 1.165) is 0 Å². The van der Waals surface area contributed by atoms with Crippen molar-refractivity contribution in [3.05, 3.63) is 41.5 Å². The molecule has 2 aromatic rings. The summed E-state index contributed by atoms with van der Waals surface area (Å²) in [6, 6.07) is 2.98. The van der Waals surface area contributed by atoms with Gasteiger partial charge in [0.05, 0.1) is 13.2 Å². The number of aromatic carboxylic acids is 1. The molecule has 10 heteroatoms. The van der Waals surface area contributed by atoms with Crippen LogP contribution in [0.25, 0.3) is 0 Å². The van der Waals surface area contributed by atoms with Gasteiger partial charge in [-0.3, -0.25) is 9.67 Å². The second-order valence-corrected chi connectivity index (χ2v) is 7.24. The Morgan fingerprint density at radius 2 is 2.17 bits per heavy atom. The highest BCUT2D eigenvalue weighted by Crippen LogP contribution is 2.27. The van der Waals surface area contributed by atoms with Crippen LogP contribution in [0.15, 0.2) is 29.4 Å². The largest absolute Gasteiger partial charge is 0.476 e. The van der Waals surface area contributed by atoms with E-state index in [1.54, 1.807) is 0 Å². The number of carbonyl (C=O) groups is 1. The van der Waals surface area contributed by atoms with Crippen molar-refractivity contribution in [1.29, 1.82) is 0 Å². The number of aliphatic hydroxyl groups excluding tert-OH is 1. The molecule has 3 rings (SSSR count). The van der Waals surface area contributed by atoms with Gasteiger partial charge < -0.3 is 10.2 Å². The molecule has 0 radical (unpaired) electrons. The van der Waals surface area contributed by atoms with Crippen LogP contribution in [-0.4, -0.2) is 56.8 Å². The molecule has 24 heavy (non-hydrogen) atoms. The Hall–Kier alpha value is -2.30. The van der Waals surface area contributed by atoms with Crippen LogP contribution >= 0.6 is 0 Å². The minimum atomic E-state index is -3.76. The second kappa shape index (κ2) is 6.30. The third-order valence-electron chi connectivity index (χ3n) is 3.89. The molecule has 0 saturated heterocycles. The number of pyridine rings is 1. The molecule has 0 atom stereocenters. The van der Waals surface area contributed by atoms with Gasteiger partial charge in [0.15, 0.2) is 5.69 Å². The van der Waals surface area contributed by atoms with E-state index >= 15 is 0 Å². The number of sulfonamides is 1. The van der Waals surface area contributed by atoms with Crippen molar-refractivity contribution in [2.24, 2.45) is 0 Å². The molecule has 1 aliphatic rings. The maximum Gasteiger partial charge on any atom is 0.356 e. The lowest BCUT2D eigenvalue weighted by atomic mass is 10.1. The summed E-state index contributed by atoms with van der Waals surface area (Å²) < 4.78 is 28.0. The van der Waals surface area contributed by atoms with E-state index in [4.69, 9.17) is 5.11 Å². The van der Waals surface area contributed by atoms with Crippen molar-refractivity contribution in [3.63, 3.8) is 0 Å². The predicted molar refractivity (Wildman–Crippen MR) is 81.8 cm³/mol. The van der Waals surface area contributed by atoms with Crippen LogP contribution in [0.5, 0.6) is 0 Å². The van der Waals surface area contributed by atoms with Crippen LogP contribution in [0.4, 0.5) is 0 Å². The molecule has 0 bridgehead atoms. The molecule has 2 aromatic heterocycles. The Morgan fingerprint density at radius 3 is 2.79 bits per heavy atom. The van der Waals surface area contributed by atoms with Gasteiger partial charge in [-0.15, -0.1) is 0 Å². The molecule has 0 fully saturated rings. The first-order valence-electron chi connectivity index (χ1n) is 7.28. The molecule has 128 valence electrons. The zero-order valence-electron chi connectivity index (χ0n) is 12.7. The van der Waals surface area contributed by atoms with E-state index < -0.39 is 16.0 Å². The first-order valence-corrected chi connectivity index (χ1v) is 8.72. The topological polar surface area (TPSA) is 126 Å². The van der Waals surface area contributed by atoms with Gasteiger partial charge in [0.1, 0.15) is 4.90 Å². The maximum atomic E-state index is 12.7. The van der Waals surface area contributed by atoms with Gasteiger partial charge in [0.25, 0.3) is 0 Å². The first kappa shape index (κ1) is 16.6. The van der Waals surface area contributed by atoms with Crippen molar-refractivity contribution in [2.75, 3.05) is 13.2 Å². The lowest BCUT2D eigenvalue weighted by molar-refractivity contribution is 0.0687. The maximum absolute atomic E-state index is 12.7. The minimum absolute atomic E-state index is 0.0630. The highest BCUT2D eigenvalue weighted by molar-refractivity contribution is 7.89. The van der Waals surface area contributed by atoms with Crippen molar-refractivity contribution >= 4 is 16.0 Å². The standard InChI is InChI=1S/C14H16N4O5S/c19-7-6-18-12-3-5-17(9-11(12)13(16-18)14(20)21)24(22,23)10-2-1-4-15-8-10/h1-2,4,8,19H,3,5-7,9H2,(H,20,21). The zero-order chi connectivity index (χ0) is 17.3. The van der Waals surface area contributed by atoms with Gasteiger partial charge in [-0.2, -0.15) is 9.40 Å². The summed E-state index contributed by atoms with van der Waals surface area (Å²) in [5.74, 6) is -1.22. The Morgan fingerprint density at radius 1 is 1.38 bits per heavy atom. The highest BCUT2D eigenvalue weighted by Gasteiger charge is 2.34. The first-order chi connectivity index (χ1) is 11.4. The highest BCUT2D eigenvalue weighted by atomic mass is 32.2. The minimum Gasteiger partial charge on any atom is -0.476 e. The molecule has 9 nitrogen and oxygen atoms in total. The van der Waals surface area contributed by atoms with Crippen molar-refractivity contribution in [3.8, 4) is 0 Å². The van der Waals surface area contributed by atoms with Gasteiger partial charge >= 0.3 is 5.97 Å². The fourth-order valence-corrected chi connectivity index (χ4v) is 4.14. The molecule has 0 unspecified atom stereocenters. The quantitative estimate of drug-likeness (QED) is 0.757. The third kappa shape index (κ3) is 2.79. The monoisotopic (exact) mass is 352 g/mol. The Balaban J connectivity index is 1.98. The van der Waals surface area contributed by atoms with E-state index in [0.29, 0.717) is 17.7 Å². The van der Waals surface area contributed by atoms with Crippen LogP contribution in [0, 0.1) is 0 Å². The van der Waals surface area contributed by atoms with E-state index in [1.165, 1.54) is 33.5 Å². The zero-order valence-corrected chi connectivity index (χ0v) is 13.5. The summed E-state index contributed by atoms with van der Waals surface area (Å²) in [6.07, 6.45) is 3.07. The molecule has 1 aliphatic heterocycles. The molecule has 0 amide bonds. The second-order valence-electron chi connectivity index (χ2n) is 5.30. The lowest BCUT2D eigenvalue weighted by Gasteiger charge is -2.26. The number of aromatic nitrogens is 3. The van der Waals surface area contributed by atoms with Crippen LogP contribution < -0.4 is 0 Å². The Bertz CT molecular complexity index is 863. The van der Waals surface area contributed by atoms with Gasteiger partial charge in [-0.25, -0.2) is 13.2 Å². The smallest absolute Gasteiger partial charge is 0.356 e. The molecule has 2 N–H and O–H groups in total. The van der Waals surface area contributed by atoms with Gasteiger partial charge in [-0.1, -0.05) is 0 Å².